The SMILES string of the molecule is CNCC1CCN(c2c(Cl)cccc2[N+](=O)[O-])CC1. The lowest BCUT2D eigenvalue weighted by Gasteiger charge is -2.33. The molecule has 1 aromatic carbocycles. The molecule has 5 nitrogen and oxygen atoms in total. The van der Waals surface area contributed by atoms with Crippen molar-refractivity contribution in [2.24, 2.45) is 5.92 Å². The summed E-state index contributed by atoms with van der Waals surface area (Å²) in [5, 5.41) is 14.7. The predicted molar refractivity (Wildman–Crippen MR) is 77.0 cm³/mol. The van der Waals surface area contributed by atoms with Crippen molar-refractivity contribution in [2.45, 2.75) is 12.8 Å². The Kier molecular flexibility index (Phi) is 4.61. The first-order chi connectivity index (χ1) is 9.13. The van der Waals surface area contributed by atoms with Gasteiger partial charge in [0.2, 0.25) is 0 Å². The van der Waals surface area contributed by atoms with E-state index in [1.807, 2.05) is 11.9 Å². The minimum atomic E-state index is -0.360. The summed E-state index contributed by atoms with van der Waals surface area (Å²) in [5.41, 5.74) is 0.664. The smallest absolute Gasteiger partial charge is 0.294 e. The van der Waals surface area contributed by atoms with Crippen LogP contribution in [0.5, 0.6) is 0 Å². The number of hydrogen-bond donors (Lipinski definition) is 1. The molecule has 0 bridgehead atoms. The molecule has 0 amide bonds. The van der Waals surface area contributed by atoms with Crippen molar-refractivity contribution in [1.29, 1.82) is 0 Å². The fourth-order valence-electron chi connectivity index (χ4n) is 2.61. The van der Waals surface area contributed by atoms with E-state index in [4.69, 9.17) is 11.6 Å². The number of anilines is 1. The molecule has 6 heteroatoms. The molecule has 1 aliphatic rings. The first kappa shape index (κ1) is 14.1. The van der Waals surface area contributed by atoms with Gasteiger partial charge in [0.15, 0.2) is 0 Å². The van der Waals surface area contributed by atoms with Crippen LogP contribution in [-0.2, 0) is 0 Å². The Labute approximate surface area is 117 Å². The quantitative estimate of drug-likeness (QED) is 0.682. The normalized spacial score (nSPS) is 16.6. The number of halogens is 1. The van der Waals surface area contributed by atoms with Crippen molar-refractivity contribution >= 4 is 23.0 Å². The Hall–Kier alpha value is -1.33. The highest BCUT2D eigenvalue weighted by atomic mass is 35.5. The van der Waals surface area contributed by atoms with Crippen molar-refractivity contribution in [3.8, 4) is 0 Å². The molecule has 0 spiro atoms. The van der Waals surface area contributed by atoms with Crippen LogP contribution in [0.2, 0.25) is 5.02 Å². The summed E-state index contributed by atoms with van der Waals surface area (Å²) >= 11 is 6.15. The molecule has 19 heavy (non-hydrogen) atoms. The Bertz CT molecular complexity index is 459. The number of nitrogens with zero attached hydrogens (tertiary/aromatic N) is 2. The third-order valence-electron chi connectivity index (χ3n) is 3.59. The average molecular weight is 284 g/mol. The number of benzene rings is 1. The van der Waals surface area contributed by atoms with Crippen molar-refractivity contribution < 1.29 is 4.92 Å². The number of nitrogens with one attached hydrogen (secondary N) is 1. The summed E-state index contributed by atoms with van der Waals surface area (Å²) in [6.07, 6.45) is 2.06. The van der Waals surface area contributed by atoms with Crippen molar-refractivity contribution in [3.63, 3.8) is 0 Å². The summed E-state index contributed by atoms with van der Waals surface area (Å²) in [6.45, 7) is 2.63. The van der Waals surface area contributed by atoms with Crippen LogP contribution < -0.4 is 10.2 Å². The van der Waals surface area contributed by atoms with Gasteiger partial charge in [-0.05, 0) is 38.4 Å². The molecule has 104 valence electrons. The molecule has 2 rings (SSSR count). The molecule has 0 atom stereocenters. The zero-order valence-corrected chi connectivity index (χ0v) is 11.7. The minimum Gasteiger partial charge on any atom is -0.365 e. The van der Waals surface area contributed by atoms with Gasteiger partial charge in [0.1, 0.15) is 5.69 Å². The van der Waals surface area contributed by atoms with Crippen molar-refractivity contribution in [1.82, 2.24) is 5.32 Å². The number of para-hydroxylation sites is 1. The highest BCUT2D eigenvalue weighted by Gasteiger charge is 2.26. The van der Waals surface area contributed by atoms with Gasteiger partial charge in [0, 0.05) is 19.2 Å². The zero-order valence-electron chi connectivity index (χ0n) is 10.9. The molecule has 0 unspecified atom stereocenters. The fraction of sp³-hybridized carbons (Fsp3) is 0.538. The molecule has 0 radical (unpaired) electrons. The maximum atomic E-state index is 11.1. The van der Waals surface area contributed by atoms with E-state index in [0.717, 1.165) is 32.5 Å². The second-order valence-corrected chi connectivity index (χ2v) is 5.26. The van der Waals surface area contributed by atoms with Crippen LogP contribution in [0.4, 0.5) is 11.4 Å². The van der Waals surface area contributed by atoms with Gasteiger partial charge in [0.05, 0.1) is 9.95 Å². The lowest BCUT2D eigenvalue weighted by molar-refractivity contribution is -0.384. The maximum Gasteiger partial charge on any atom is 0.294 e. The Balaban J connectivity index is 2.17. The van der Waals surface area contributed by atoms with E-state index < -0.39 is 0 Å². The summed E-state index contributed by atoms with van der Waals surface area (Å²) in [4.78, 5) is 12.8. The highest BCUT2D eigenvalue weighted by Crippen LogP contribution is 2.37. The van der Waals surface area contributed by atoms with E-state index >= 15 is 0 Å². The lowest BCUT2D eigenvalue weighted by atomic mass is 9.96. The average Bonchev–Trinajstić information content (AvgIpc) is 2.40. The van der Waals surface area contributed by atoms with Gasteiger partial charge in [-0.2, -0.15) is 0 Å². The highest BCUT2D eigenvalue weighted by molar-refractivity contribution is 6.33. The van der Waals surface area contributed by atoms with Crippen LogP contribution >= 0.6 is 11.6 Å². The number of piperidine rings is 1. The van der Waals surface area contributed by atoms with Crippen LogP contribution in [0.3, 0.4) is 0 Å². The first-order valence-electron chi connectivity index (χ1n) is 6.46. The number of nitro groups is 1. The Morgan fingerprint density at radius 1 is 1.47 bits per heavy atom. The van der Waals surface area contributed by atoms with Gasteiger partial charge < -0.3 is 10.2 Å². The predicted octanol–water partition coefficient (Wildman–Crippen LogP) is 2.68. The summed E-state index contributed by atoms with van der Waals surface area (Å²) in [5.74, 6) is 0.641. The molecule has 1 aliphatic heterocycles. The molecule has 0 saturated carbocycles. The van der Waals surface area contributed by atoms with E-state index in [9.17, 15) is 10.1 Å². The number of hydrogen-bond acceptors (Lipinski definition) is 4. The summed E-state index contributed by atoms with van der Waals surface area (Å²) in [6, 6.07) is 4.85. The standard InChI is InChI=1S/C13H18ClN3O2/c1-15-9-10-5-7-16(8-6-10)13-11(14)3-2-4-12(13)17(18)19/h2-4,10,15H,5-9H2,1H3. The van der Waals surface area contributed by atoms with Crippen LogP contribution in [0, 0.1) is 16.0 Å². The fourth-order valence-corrected chi connectivity index (χ4v) is 2.90. The van der Waals surface area contributed by atoms with Crippen molar-refractivity contribution in [3.05, 3.63) is 33.3 Å². The monoisotopic (exact) mass is 283 g/mol. The third kappa shape index (κ3) is 3.16. The maximum absolute atomic E-state index is 11.1. The number of nitro benzene ring substituents is 1. The molecule has 1 fully saturated rings. The van der Waals surface area contributed by atoms with Gasteiger partial charge in [-0.25, -0.2) is 0 Å². The van der Waals surface area contributed by atoms with Crippen LogP contribution in [0.15, 0.2) is 18.2 Å². The van der Waals surface area contributed by atoms with E-state index in [1.54, 1.807) is 12.1 Å². The van der Waals surface area contributed by atoms with E-state index in [1.165, 1.54) is 6.07 Å². The van der Waals surface area contributed by atoms with E-state index in [2.05, 4.69) is 5.32 Å². The van der Waals surface area contributed by atoms with Gasteiger partial charge in [-0.1, -0.05) is 17.7 Å². The van der Waals surface area contributed by atoms with Crippen molar-refractivity contribution in [2.75, 3.05) is 31.6 Å². The molecule has 1 N–H and O–H groups in total. The second kappa shape index (κ2) is 6.21. The molecular formula is C13H18ClN3O2. The van der Waals surface area contributed by atoms with Gasteiger partial charge in [-0.15, -0.1) is 0 Å². The molecule has 1 aromatic rings. The largest absolute Gasteiger partial charge is 0.365 e. The van der Waals surface area contributed by atoms with Gasteiger partial charge >= 0.3 is 0 Å². The second-order valence-electron chi connectivity index (χ2n) is 4.85. The van der Waals surface area contributed by atoms with Gasteiger partial charge in [-0.3, -0.25) is 10.1 Å². The van der Waals surface area contributed by atoms with Crippen LogP contribution in [-0.4, -0.2) is 31.6 Å². The molecular weight excluding hydrogens is 266 g/mol. The molecule has 0 aliphatic carbocycles. The minimum absolute atomic E-state index is 0.0968. The molecule has 1 heterocycles. The first-order valence-corrected chi connectivity index (χ1v) is 6.83. The lowest BCUT2D eigenvalue weighted by Crippen LogP contribution is -2.37. The van der Waals surface area contributed by atoms with Crippen LogP contribution in [0.1, 0.15) is 12.8 Å². The van der Waals surface area contributed by atoms with E-state index in [0.29, 0.717) is 16.6 Å². The molecule has 0 aromatic heterocycles. The number of rotatable bonds is 4. The topological polar surface area (TPSA) is 58.4 Å². The summed E-state index contributed by atoms with van der Waals surface area (Å²) < 4.78 is 0. The van der Waals surface area contributed by atoms with Gasteiger partial charge in [0.25, 0.3) is 5.69 Å². The third-order valence-corrected chi connectivity index (χ3v) is 3.89. The summed E-state index contributed by atoms with van der Waals surface area (Å²) in [7, 11) is 1.95. The molecule has 1 saturated heterocycles. The van der Waals surface area contributed by atoms with E-state index in [-0.39, 0.29) is 10.6 Å². The Morgan fingerprint density at radius 2 is 2.16 bits per heavy atom. The Morgan fingerprint density at radius 3 is 2.74 bits per heavy atom. The van der Waals surface area contributed by atoms with Crippen LogP contribution in [0.25, 0.3) is 0 Å². The zero-order chi connectivity index (χ0) is 13.8.